The average Bonchev–Trinajstić information content (AvgIpc) is 2.80. The van der Waals surface area contributed by atoms with E-state index in [9.17, 15) is 0 Å². The maximum Gasteiger partial charge on any atom is 0.175 e. The van der Waals surface area contributed by atoms with Gasteiger partial charge in [0.2, 0.25) is 0 Å². The van der Waals surface area contributed by atoms with Crippen LogP contribution in [0, 0.1) is 11.8 Å². The second-order valence-electron chi connectivity index (χ2n) is 10.4. The van der Waals surface area contributed by atoms with Crippen LogP contribution in [-0.4, -0.2) is 5.11 Å². The van der Waals surface area contributed by atoms with Gasteiger partial charge in [0.05, 0.1) is 0 Å². The van der Waals surface area contributed by atoms with E-state index in [1.807, 2.05) is 30.3 Å². The van der Waals surface area contributed by atoms with E-state index in [0.29, 0.717) is 15.9 Å². The molecule has 4 fully saturated rings. The molecule has 3 aromatic carbocycles. The van der Waals surface area contributed by atoms with Crippen LogP contribution in [0.5, 0.6) is 0 Å². The first-order valence-corrected chi connectivity index (χ1v) is 12.3. The van der Waals surface area contributed by atoms with Crippen molar-refractivity contribution in [3.8, 4) is 0 Å². The van der Waals surface area contributed by atoms with Gasteiger partial charge in [0.15, 0.2) is 5.11 Å². The SMILES string of the molecule is S=C(Nc1ccccc1)Nc1ccc(C23CC4CC(CC(c5ccccc5)(C4)C2)C3)cc1. The van der Waals surface area contributed by atoms with E-state index in [1.165, 1.54) is 44.1 Å². The first-order chi connectivity index (χ1) is 15.6. The zero-order valence-corrected chi connectivity index (χ0v) is 19.2. The summed E-state index contributed by atoms with van der Waals surface area (Å²) in [5.41, 5.74) is 5.87. The monoisotopic (exact) mass is 438 g/mol. The first kappa shape index (κ1) is 20.0. The summed E-state index contributed by atoms with van der Waals surface area (Å²) in [6.45, 7) is 0. The van der Waals surface area contributed by atoms with Crippen LogP contribution in [0.15, 0.2) is 84.9 Å². The van der Waals surface area contributed by atoms with Gasteiger partial charge in [-0.25, -0.2) is 0 Å². The number of hydrogen-bond donors (Lipinski definition) is 2. The highest BCUT2D eigenvalue weighted by Gasteiger charge is 2.58. The van der Waals surface area contributed by atoms with Gasteiger partial charge in [0.1, 0.15) is 0 Å². The van der Waals surface area contributed by atoms with Gasteiger partial charge in [0, 0.05) is 11.4 Å². The Balaban J connectivity index is 1.23. The van der Waals surface area contributed by atoms with Crippen LogP contribution < -0.4 is 10.6 Å². The molecule has 3 heteroatoms. The third-order valence-corrected chi connectivity index (χ3v) is 8.44. The van der Waals surface area contributed by atoms with Gasteiger partial charge < -0.3 is 10.6 Å². The summed E-state index contributed by atoms with van der Waals surface area (Å²) >= 11 is 5.51. The van der Waals surface area contributed by atoms with E-state index in [1.54, 1.807) is 5.56 Å². The average molecular weight is 439 g/mol. The highest BCUT2D eigenvalue weighted by molar-refractivity contribution is 7.80. The Bertz CT molecular complexity index is 1090. The summed E-state index contributed by atoms with van der Waals surface area (Å²) in [5, 5.41) is 7.23. The molecule has 2 atom stereocenters. The number of anilines is 2. The van der Waals surface area contributed by atoms with Crippen molar-refractivity contribution in [1.82, 2.24) is 0 Å². The van der Waals surface area contributed by atoms with Crippen LogP contribution >= 0.6 is 12.2 Å². The molecule has 4 bridgehead atoms. The molecule has 7 rings (SSSR count). The third kappa shape index (κ3) is 3.53. The predicted molar refractivity (Wildman–Crippen MR) is 137 cm³/mol. The van der Waals surface area contributed by atoms with Crippen LogP contribution in [0.4, 0.5) is 11.4 Å². The van der Waals surface area contributed by atoms with Crippen molar-refractivity contribution >= 4 is 28.7 Å². The molecule has 32 heavy (non-hydrogen) atoms. The van der Waals surface area contributed by atoms with Crippen LogP contribution in [0.3, 0.4) is 0 Å². The van der Waals surface area contributed by atoms with Gasteiger partial charge in [-0.2, -0.15) is 0 Å². The lowest BCUT2D eigenvalue weighted by atomic mass is 9.42. The normalized spacial score (nSPS) is 30.1. The Labute approximate surface area is 196 Å². The zero-order valence-electron chi connectivity index (χ0n) is 18.4. The van der Waals surface area contributed by atoms with Crippen LogP contribution in [0.25, 0.3) is 0 Å². The molecule has 2 unspecified atom stereocenters. The van der Waals surface area contributed by atoms with Gasteiger partial charge >= 0.3 is 0 Å². The molecule has 4 saturated carbocycles. The fraction of sp³-hybridized carbons (Fsp3) is 0.345. The van der Waals surface area contributed by atoms with E-state index in [0.717, 1.165) is 23.2 Å². The third-order valence-electron chi connectivity index (χ3n) is 8.23. The highest BCUT2D eigenvalue weighted by Crippen LogP contribution is 2.66. The Morgan fingerprint density at radius 3 is 1.66 bits per heavy atom. The number of benzene rings is 3. The molecule has 4 aliphatic carbocycles. The standard InChI is InChI=1S/C29H30N2S/c32-27(30-25-9-5-2-6-10-25)31-26-13-11-24(12-14-26)29-18-21-15-22(19-29)17-28(16-21,20-29)23-7-3-1-4-8-23/h1-14,21-22H,15-20H2,(H2,30,31,32). The molecule has 4 aliphatic rings. The summed E-state index contributed by atoms with van der Waals surface area (Å²) in [7, 11) is 0. The van der Waals surface area contributed by atoms with Crippen LogP contribution in [-0.2, 0) is 10.8 Å². The molecule has 3 aromatic rings. The zero-order chi connectivity index (χ0) is 21.6. The number of thiocarbonyl (C=S) groups is 1. The molecule has 0 amide bonds. The van der Waals surface area contributed by atoms with E-state index in [2.05, 4.69) is 65.2 Å². The summed E-state index contributed by atoms with van der Waals surface area (Å²) < 4.78 is 0. The van der Waals surface area contributed by atoms with Crippen molar-refractivity contribution in [3.05, 3.63) is 96.1 Å². The number of para-hydroxylation sites is 1. The van der Waals surface area contributed by atoms with Crippen molar-refractivity contribution in [2.45, 2.75) is 49.4 Å². The second-order valence-corrected chi connectivity index (χ2v) is 10.8. The fourth-order valence-electron chi connectivity index (χ4n) is 7.45. The minimum atomic E-state index is 0.335. The number of hydrogen-bond acceptors (Lipinski definition) is 1. The number of nitrogens with one attached hydrogen (secondary N) is 2. The lowest BCUT2D eigenvalue weighted by molar-refractivity contribution is -0.0281. The predicted octanol–water partition coefficient (Wildman–Crippen LogP) is 7.29. The van der Waals surface area contributed by atoms with Gasteiger partial charge in [-0.3, -0.25) is 0 Å². The quantitative estimate of drug-likeness (QED) is 0.418. The minimum absolute atomic E-state index is 0.335. The topological polar surface area (TPSA) is 24.1 Å². The minimum Gasteiger partial charge on any atom is -0.332 e. The molecule has 0 saturated heterocycles. The van der Waals surface area contributed by atoms with E-state index >= 15 is 0 Å². The summed E-state index contributed by atoms with van der Waals surface area (Å²) in [6, 6.07) is 30.6. The van der Waals surface area contributed by atoms with E-state index < -0.39 is 0 Å². The molecule has 0 aromatic heterocycles. The molecule has 2 N–H and O–H groups in total. The van der Waals surface area contributed by atoms with Gasteiger partial charge in [0.25, 0.3) is 0 Å². The van der Waals surface area contributed by atoms with Crippen molar-refractivity contribution in [3.63, 3.8) is 0 Å². The summed E-state index contributed by atoms with van der Waals surface area (Å²) in [6.07, 6.45) is 8.23. The van der Waals surface area contributed by atoms with Gasteiger partial charge in [-0.05, 0) is 109 Å². The first-order valence-electron chi connectivity index (χ1n) is 11.9. The molecule has 2 nitrogen and oxygen atoms in total. The summed E-state index contributed by atoms with van der Waals surface area (Å²) in [4.78, 5) is 0. The molecular formula is C29H30N2S. The Hall–Kier alpha value is -2.65. The van der Waals surface area contributed by atoms with Crippen LogP contribution in [0.1, 0.15) is 49.7 Å². The number of rotatable bonds is 4. The largest absolute Gasteiger partial charge is 0.332 e. The van der Waals surface area contributed by atoms with E-state index in [-0.39, 0.29) is 0 Å². The Morgan fingerprint density at radius 2 is 1.09 bits per heavy atom. The van der Waals surface area contributed by atoms with E-state index in [4.69, 9.17) is 12.2 Å². The Morgan fingerprint density at radius 1 is 0.625 bits per heavy atom. The molecule has 0 radical (unpaired) electrons. The lowest BCUT2D eigenvalue weighted by Crippen LogP contribution is -2.55. The van der Waals surface area contributed by atoms with Crippen molar-refractivity contribution in [1.29, 1.82) is 0 Å². The van der Waals surface area contributed by atoms with Crippen molar-refractivity contribution in [2.75, 3.05) is 10.6 Å². The smallest absolute Gasteiger partial charge is 0.175 e. The van der Waals surface area contributed by atoms with Crippen molar-refractivity contribution in [2.24, 2.45) is 11.8 Å². The fourth-order valence-corrected chi connectivity index (χ4v) is 7.69. The lowest BCUT2D eigenvalue weighted by Gasteiger charge is -2.62. The Kier molecular flexibility index (Phi) is 4.83. The molecule has 0 aliphatic heterocycles. The van der Waals surface area contributed by atoms with Crippen LogP contribution in [0.2, 0.25) is 0 Å². The maximum absolute atomic E-state index is 5.51. The van der Waals surface area contributed by atoms with Crippen molar-refractivity contribution < 1.29 is 0 Å². The highest BCUT2D eigenvalue weighted by atomic mass is 32.1. The van der Waals surface area contributed by atoms with Gasteiger partial charge in [-0.15, -0.1) is 0 Å². The molecule has 162 valence electrons. The molecule has 0 heterocycles. The van der Waals surface area contributed by atoms with Gasteiger partial charge in [-0.1, -0.05) is 60.7 Å². The second kappa shape index (κ2) is 7.74. The molecular weight excluding hydrogens is 408 g/mol. The maximum atomic E-state index is 5.51. The molecule has 0 spiro atoms. The summed E-state index contributed by atoms with van der Waals surface area (Å²) in [5.74, 6) is 1.74.